The predicted molar refractivity (Wildman–Crippen MR) is 55.8 cm³/mol. The maximum Gasteiger partial charge on any atom is 0.397 e. The monoisotopic (exact) mass is 210 g/mol. The van der Waals surface area contributed by atoms with Gasteiger partial charge < -0.3 is 9.47 Å². The Hall–Kier alpha value is -1.25. The lowest BCUT2D eigenvalue weighted by molar-refractivity contribution is -0.0652. The minimum absolute atomic E-state index is 0.502. The molecule has 15 heavy (non-hydrogen) atoms. The van der Waals surface area contributed by atoms with Crippen LogP contribution in [0.15, 0.2) is 18.2 Å². The summed E-state index contributed by atoms with van der Waals surface area (Å²) in [5, 5.41) is 0. The van der Waals surface area contributed by atoms with Crippen molar-refractivity contribution in [3.63, 3.8) is 0 Å². The van der Waals surface area contributed by atoms with Gasteiger partial charge >= 0.3 is 6.54 Å². The SMILES string of the molecule is CCCCCc1ccc2c(c1)OC(F)O2. The topological polar surface area (TPSA) is 18.5 Å². The van der Waals surface area contributed by atoms with Crippen LogP contribution in [0, 0.1) is 0 Å². The number of fused-ring (bicyclic) bond motifs is 1. The Bertz CT molecular complexity index is 338. The molecule has 1 aliphatic heterocycles. The third-order valence-electron chi connectivity index (χ3n) is 2.52. The molecule has 1 aromatic rings. The van der Waals surface area contributed by atoms with Gasteiger partial charge in [-0.1, -0.05) is 25.8 Å². The van der Waals surface area contributed by atoms with Gasteiger partial charge in [0, 0.05) is 0 Å². The van der Waals surface area contributed by atoms with Crippen LogP contribution < -0.4 is 9.47 Å². The number of rotatable bonds is 4. The summed E-state index contributed by atoms with van der Waals surface area (Å²) in [7, 11) is 0. The first kappa shape index (κ1) is 10.3. The fraction of sp³-hybridized carbons (Fsp3) is 0.500. The smallest absolute Gasteiger partial charge is 0.397 e. The maximum absolute atomic E-state index is 12.7. The molecule has 0 saturated carbocycles. The van der Waals surface area contributed by atoms with Crippen LogP contribution >= 0.6 is 0 Å². The third-order valence-corrected chi connectivity index (χ3v) is 2.52. The highest BCUT2D eigenvalue weighted by molar-refractivity contribution is 5.44. The van der Waals surface area contributed by atoms with E-state index < -0.39 is 6.54 Å². The molecule has 1 aliphatic rings. The second kappa shape index (κ2) is 4.51. The molecule has 1 atom stereocenters. The third kappa shape index (κ3) is 2.41. The lowest BCUT2D eigenvalue weighted by Crippen LogP contribution is -2.09. The Morgan fingerprint density at radius 1 is 1.20 bits per heavy atom. The minimum atomic E-state index is -1.63. The van der Waals surface area contributed by atoms with Crippen LogP contribution in [0.25, 0.3) is 0 Å². The first-order valence-corrected chi connectivity index (χ1v) is 5.40. The molecule has 0 N–H and O–H groups in total. The van der Waals surface area contributed by atoms with E-state index >= 15 is 0 Å². The van der Waals surface area contributed by atoms with Crippen molar-refractivity contribution in [2.45, 2.75) is 39.2 Å². The highest BCUT2D eigenvalue weighted by atomic mass is 19.2. The second-order valence-corrected chi connectivity index (χ2v) is 3.75. The van der Waals surface area contributed by atoms with Crippen LogP contribution in [0.5, 0.6) is 11.5 Å². The number of benzene rings is 1. The van der Waals surface area contributed by atoms with Gasteiger partial charge in [-0.05, 0) is 30.5 Å². The standard InChI is InChI=1S/C12H15FO2/c1-2-3-4-5-9-6-7-10-11(8-9)15-12(13)14-10/h6-8,12H,2-5H2,1H3. The van der Waals surface area contributed by atoms with Gasteiger partial charge in [-0.2, -0.15) is 4.39 Å². The molecule has 1 aromatic carbocycles. The normalized spacial score (nSPS) is 18.1. The average Bonchev–Trinajstić information content (AvgIpc) is 2.57. The van der Waals surface area contributed by atoms with Gasteiger partial charge in [0.1, 0.15) is 0 Å². The zero-order valence-corrected chi connectivity index (χ0v) is 8.83. The molecule has 0 aliphatic carbocycles. The number of unbranched alkanes of at least 4 members (excludes halogenated alkanes) is 2. The van der Waals surface area contributed by atoms with Gasteiger partial charge in [-0.15, -0.1) is 0 Å². The van der Waals surface area contributed by atoms with Crippen LogP contribution in [0.3, 0.4) is 0 Å². The molecule has 0 bridgehead atoms. The van der Waals surface area contributed by atoms with Crippen LogP contribution in [-0.2, 0) is 6.42 Å². The van der Waals surface area contributed by atoms with E-state index in [9.17, 15) is 4.39 Å². The van der Waals surface area contributed by atoms with Gasteiger partial charge in [-0.25, -0.2) is 0 Å². The van der Waals surface area contributed by atoms with Crippen LogP contribution in [0.1, 0.15) is 31.7 Å². The molecule has 3 heteroatoms. The number of aryl methyl sites for hydroxylation is 1. The van der Waals surface area contributed by atoms with Crippen molar-refractivity contribution < 1.29 is 13.9 Å². The molecule has 0 amide bonds. The lowest BCUT2D eigenvalue weighted by Gasteiger charge is -2.01. The van der Waals surface area contributed by atoms with Crippen molar-refractivity contribution in [3.05, 3.63) is 23.8 Å². The highest BCUT2D eigenvalue weighted by Gasteiger charge is 2.22. The molecule has 2 nitrogen and oxygen atoms in total. The molecule has 1 unspecified atom stereocenters. The maximum atomic E-state index is 12.7. The lowest BCUT2D eigenvalue weighted by atomic mass is 10.1. The van der Waals surface area contributed by atoms with E-state index in [0.29, 0.717) is 11.5 Å². The van der Waals surface area contributed by atoms with E-state index in [1.807, 2.05) is 12.1 Å². The second-order valence-electron chi connectivity index (χ2n) is 3.75. The van der Waals surface area contributed by atoms with Crippen molar-refractivity contribution in [2.75, 3.05) is 0 Å². The Labute approximate surface area is 89.0 Å². The van der Waals surface area contributed by atoms with Crippen LogP contribution in [0.2, 0.25) is 0 Å². The molecule has 0 fully saturated rings. The molecule has 0 radical (unpaired) electrons. The number of alkyl halides is 1. The summed E-state index contributed by atoms with van der Waals surface area (Å²) < 4.78 is 22.4. The van der Waals surface area contributed by atoms with E-state index in [1.165, 1.54) is 18.4 Å². The molecule has 1 heterocycles. The first-order valence-electron chi connectivity index (χ1n) is 5.40. The van der Waals surface area contributed by atoms with E-state index in [0.717, 1.165) is 12.8 Å². The van der Waals surface area contributed by atoms with Gasteiger partial charge in [0.05, 0.1) is 0 Å². The Morgan fingerprint density at radius 3 is 2.80 bits per heavy atom. The van der Waals surface area contributed by atoms with Crippen molar-refractivity contribution in [3.8, 4) is 11.5 Å². The fourth-order valence-corrected chi connectivity index (χ4v) is 1.70. The van der Waals surface area contributed by atoms with Gasteiger partial charge in [0.25, 0.3) is 0 Å². The predicted octanol–water partition coefficient (Wildman–Crippen LogP) is 3.44. The van der Waals surface area contributed by atoms with Crippen LogP contribution in [-0.4, -0.2) is 6.54 Å². The van der Waals surface area contributed by atoms with Gasteiger partial charge in [-0.3, -0.25) is 0 Å². The van der Waals surface area contributed by atoms with Crippen molar-refractivity contribution in [2.24, 2.45) is 0 Å². The van der Waals surface area contributed by atoms with Crippen LogP contribution in [0.4, 0.5) is 4.39 Å². The van der Waals surface area contributed by atoms with E-state index in [4.69, 9.17) is 9.47 Å². The van der Waals surface area contributed by atoms with Gasteiger partial charge in [0.15, 0.2) is 11.5 Å². The summed E-state index contributed by atoms with van der Waals surface area (Å²) in [6, 6.07) is 5.61. The average molecular weight is 210 g/mol. The van der Waals surface area contributed by atoms with Crippen molar-refractivity contribution in [1.82, 2.24) is 0 Å². The molecule has 0 spiro atoms. The fourth-order valence-electron chi connectivity index (χ4n) is 1.70. The zero-order chi connectivity index (χ0) is 10.7. The molecular weight excluding hydrogens is 195 g/mol. The first-order chi connectivity index (χ1) is 7.29. The molecule has 82 valence electrons. The largest absolute Gasteiger partial charge is 0.425 e. The Morgan fingerprint density at radius 2 is 2.00 bits per heavy atom. The Balaban J connectivity index is 2.00. The van der Waals surface area contributed by atoms with E-state index in [1.54, 1.807) is 6.07 Å². The number of halogens is 1. The summed E-state index contributed by atoms with van der Waals surface area (Å²) in [5.74, 6) is 1.03. The van der Waals surface area contributed by atoms with Gasteiger partial charge in [0.2, 0.25) is 0 Å². The summed E-state index contributed by atoms with van der Waals surface area (Å²) in [6.45, 7) is 0.541. The summed E-state index contributed by atoms with van der Waals surface area (Å²) in [6.07, 6.45) is 4.61. The molecule has 0 aromatic heterocycles. The molecule has 0 saturated heterocycles. The summed E-state index contributed by atoms with van der Waals surface area (Å²) in [4.78, 5) is 0. The summed E-state index contributed by atoms with van der Waals surface area (Å²) >= 11 is 0. The minimum Gasteiger partial charge on any atom is -0.425 e. The molecule has 2 rings (SSSR count). The highest BCUT2D eigenvalue weighted by Crippen LogP contribution is 2.35. The number of hydrogen-bond acceptors (Lipinski definition) is 2. The summed E-state index contributed by atoms with van der Waals surface area (Å²) in [5.41, 5.74) is 1.18. The van der Waals surface area contributed by atoms with Crippen molar-refractivity contribution in [1.29, 1.82) is 0 Å². The zero-order valence-electron chi connectivity index (χ0n) is 8.83. The van der Waals surface area contributed by atoms with E-state index in [-0.39, 0.29) is 0 Å². The quantitative estimate of drug-likeness (QED) is 0.709. The molecular formula is C12H15FO2. The van der Waals surface area contributed by atoms with Crippen molar-refractivity contribution >= 4 is 0 Å². The Kier molecular flexibility index (Phi) is 3.09. The van der Waals surface area contributed by atoms with E-state index in [2.05, 4.69) is 6.92 Å². The number of ether oxygens (including phenoxy) is 2. The number of hydrogen-bond donors (Lipinski definition) is 0.